The minimum absolute atomic E-state index is 0.0888. The molecule has 13 aromatic heterocycles. The fourth-order valence-corrected chi connectivity index (χ4v) is 11.8. The first kappa shape index (κ1) is 83.7. The van der Waals surface area contributed by atoms with Crippen LogP contribution in [-0.2, 0) is 55.3 Å². The molecule has 0 bridgehead atoms. The normalized spacial score (nSPS) is 12.3. The van der Waals surface area contributed by atoms with Crippen molar-refractivity contribution in [3.63, 3.8) is 0 Å². The van der Waals surface area contributed by atoms with Crippen molar-refractivity contribution in [3.8, 4) is 0 Å². The Bertz CT molecular complexity index is 6270. The zero-order chi connectivity index (χ0) is 82.8. The highest BCUT2D eigenvalue weighted by Gasteiger charge is 2.36. The first-order valence-electron chi connectivity index (χ1n) is 36.1. The third-order valence-corrected chi connectivity index (χ3v) is 17.9. The fraction of sp³-hybridized carbons (Fsp3) is 0.188. The number of aliphatic hydroxyl groups excluding tert-OH is 1. The predicted molar refractivity (Wildman–Crippen MR) is 446 cm³/mol. The summed E-state index contributed by atoms with van der Waals surface area (Å²) in [5.74, 6) is 1.43. The SMILES string of the molecule is Brc1cnc(Br)nn1.C/C(=N\OCCO)c1cnc2ncc(Cc3ccc4ncccc4c3)n2n1.C=C(OCC)c1cnc(N)nn1.CC(=O)c1cnc2ncc(Cc3ccc4ncccc4c3)n2n1.CC1(c2cnc3ncc(Cc4ccc5ncccc5c4)n3n2)OCCO1.Nc1nccnn1.O=CC(Cl)Cc1ccc2ncccc2c1. The van der Waals surface area contributed by atoms with Gasteiger partial charge in [-0.3, -0.25) is 24.7 Å². The third kappa shape index (κ3) is 23.1. The summed E-state index contributed by atoms with van der Waals surface area (Å²) in [6, 6.07) is 40.3. The lowest BCUT2D eigenvalue weighted by molar-refractivity contribution is -0.153. The van der Waals surface area contributed by atoms with Crippen LogP contribution in [0.25, 0.3) is 66.7 Å². The van der Waals surface area contributed by atoms with Crippen molar-refractivity contribution < 1.29 is 33.7 Å². The maximum Gasteiger partial charge on any atom is 0.250 e. The van der Waals surface area contributed by atoms with Crippen molar-refractivity contribution in [1.29, 1.82) is 0 Å². The van der Waals surface area contributed by atoms with E-state index in [0.717, 1.165) is 83.7 Å². The number of aliphatic hydroxyl groups is 1. The van der Waals surface area contributed by atoms with Gasteiger partial charge in [-0.25, -0.2) is 58.4 Å². The lowest BCUT2D eigenvalue weighted by atomic mass is 10.1. The highest BCUT2D eigenvalue weighted by atomic mass is 79.9. The molecule has 0 spiro atoms. The Hall–Kier alpha value is -13.7. The average molecular weight is 1730 g/mol. The van der Waals surface area contributed by atoms with Gasteiger partial charge in [0, 0.05) is 72.5 Å². The number of alkyl halides is 1. The van der Waals surface area contributed by atoms with Crippen LogP contribution in [0.1, 0.15) is 94.6 Å². The summed E-state index contributed by atoms with van der Waals surface area (Å²) in [4.78, 5) is 81.1. The Morgan fingerprint density at radius 1 is 0.559 bits per heavy atom. The summed E-state index contributed by atoms with van der Waals surface area (Å²) < 4.78 is 22.7. The first-order chi connectivity index (χ1) is 57.4. The van der Waals surface area contributed by atoms with Gasteiger partial charge >= 0.3 is 0 Å². The fourth-order valence-electron chi connectivity index (χ4n) is 11.3. The van der Waals surface area contributed by atoms with E-state index in [1.807, 2.05) is 105 Å². The maximum atomic E-state index is 11.5. The van der Waals surface area contributed by atoms with E-state index in [9.17, 15) is 9.59 Å². The van der Waals surface area contributed by atoms with Crippen molar-refractivity contribution in [3.05, 3.63) is 286 Å². The Kier molecular flexibility index (Phi) is 29.1. The van der Waals surface area contributed by atoms with E-state index in [-0.39, 0.29) is 30.9 Å². The number of fused-ring (bicyclic) bond motifs is 7. The van der Waals surface area contributed by atoms with E-state index in [0.29, 0.717) is 106 Å². The number of rotatable bonds is 18. The summed E-state index contributed by atoms with van der Waals surface area (Å²) in [5.41, 5.74) is 24.1. The topological polar surface area (TPSA) is 452 Å². The molecular weight excluding hydrogens is 1660 g/mol. The van der Waals surface area contributed by atoms with E-state index in [2.05, 4.69) is 191 Å². The number of aldehydes is 1. The van der Waals surface area contributed by atoms with Gasteiger partial charge in [0.2, 0.25) is 22.4 Å². The van der Waals surface area contributed by atoms with Crippen LogP contribution in [0.15, 0.2) is 229 Å². The smallest absolute Gasteiger partial charge is 0.250 e. The highest BCUT2D eigenvalue weighted by Crippen LogP contribution is 2.30. The number of imidazole rings is 3. The minimum atomic E-state index is -0.850. The predicted octanol–water partition coefficient (Wildman–Crippen LogP) is 10.8. The zero-order valence-electron chi connectivity index (χ0n) is 63.7. The Labute approximate surface area is 693 Å². The molecule has 17 aromatic rings. The second-order valence-corrected chi connectivity index (χ2v) is 27.4. The summed E-state index contributed by atoms with van der Waals surface area (Å²) in [6.45, 7) is 12.3. The quantitative estimate of drug-likeness (QED) is 0.0137. The number of nitrogens with two attached hydrogens (primary N) is 2. The van der Waals surface area contributed by atoms with Crippen molar-refractivity contribution in [2.75, 3.05) is 44.5 Å². The van der Waals surface area contributed by atoms with Crippen LogP contribution in [0.2, 0.25) is 0 Å². The number of anilines is 2. The summed E-state index contributed by atoms with van der Waals surface area (Å²) >= 11 is 11.9. The van der Waals surface area contributed by atoms with Crippen LogP contribution in [0.5, 0.6) is 0 Å². The molecule has 35 nitrogen and oxygen atoms in total. The number of hydrogen-bond donors (Lipinski definition) is 3. The lowest BCUT2D eigenvalue weighted by Crippen LogP contribution is -2.25. The molecule has 18 rings (SSSR count). The molecule has 0 radical (unpaired) electrons. The zero-order valence-corrected chi connectivity index (χ0v) is 67.6. The Morgan fingerprint density at radius 2 is 1.03 bits per heavy atom. The molecule has 38 heteroatoms. The average Bonchev–Trinajstić information content (AvgIpc) is 1.62. The number of carbonyl (C=O) groups is 2. The number of benzene rings is 4. The molecule has 5 N–H and O–H groups in total. The number of nitrogens with zero attached hydrogens (tertiary/aromatic N) is 26. The standard InChI is InChI=1S/C19H18N6O2.C19H17N5O2.C17H13N5O.C12H10ClNO.C7H10N4O.C3HBr2N3.C3H4N4/c1-13(24-27-8-7-26)18-12-22-19-21-11-16(25(19)23-18)10-14-4-5-17-15(9-14)3-2-6-20-17;1-19(25-7-8-26-19)17-12-22-18-21-11-15(24(18)23-17)10-13-4-5-16-14(9-13)3-2-6-20-16;1-11(23)16-10-20-17-19-9-14(22(17)21-16)8-12-4-5-15-13(7-12)3-2-6-18-15;13-11(8-15)7-9-3-4-12-10(6-9)2-1-5-14-12;1-3-12-5(2)6-4-9-7(8)11-10-6;4-2-1-6-3(5)8-7-2;4-3-5-1-2-6-7-3/h2-6,9,11-12,26H,7-8,10H2,1H3;2-6,9,11-12H,7-8,10H2,1H3;2-7,9-10H,8H2,1H3;1-6,8,11H,7H2;4H,2-3H2,1H3,(H2,8,9,11);1H;1-2H,(H2,4,5,7)/b24-13+;;;;;;. The lowest BCUT2D eigenvalue weighted by Gasteiger charge is -2.20. The number of Topliss-reactive ketones (excluding diaryl/α,β-unsaturated/α-hetero) is 1. The molecule has 1 fully saturated rings. The van der Waals surface area contributed by atoms with Gasteiger partial charge in [-0.2, -0.15) is 20.4 Å². The van der Waals surface area contributed by atoms with E-state index in [1.54, 1.807) is 76.2 Å². The van der Waals surface area contributed by atoms with Crippen LogP contribution in [-0.4, -0.2) is 186 Å². The van der Waals surface area contributed by atoms with E-state index in [1.165, 1.54) is 37.3 Å². The molecule has 0 aliphatic carbocycles. The summed E-state index contributed by atoms with van der Waals surface area (Å²) in [7, 11) is 0. The summed E-state index contributed by atoms with van der Waals surface area (Å²) in [5, 5.41) is 51.6. The molecule has 14 heterocycles. The van der Waals surface area contributed by atoms with Crippen LogP contribution in [0, 0.1) is 0 Å². The van der Waals surface area contributed by atoms with Crippen molar-refractivity contribution in [2.45, 2.75) is 64.5 Å². The molecular formula is C80H73Br2ClN28O7. The number of pyridine rings is 4. The molecule has 1 aliphatic rings. The number of oxime groups is 1. The van der Waals surface area contributed by atoms with Crippen molar-refractivity contribution >= 4 is 140 Å². The molecule has 1 atom stereocenters. The van der Waals surface area contributed by atoms with Crippen LogP contribution < -0.4 is 11.5 Å². The Morgan fingerprint density at radius 3 is 1.46 bits per heavy atom. The van der Waals surface area contributed by atoms with Gasteiger partial charge in [-0.15, -0.1) is 37.1 Å². The second-order valence-electron chi connectivity index (χ2n) is 25.4. The molecule has 1 unspecified atom stereocenters. The molecule has 0 amide bonds. The highest BCUT2D eigenvalue weighted by molar-refractivity contribution is 9.10. The number of nitrogen functional groups attached to an aromatic ring is 2. The van der Waals surface area contributed by atoms with E-state index < -0.39 is 11.2 Å². The van der Waals surface area contributed by atoms with Crippen molar-refractivity contribution in [2.24, 2.45) is 5.16 Å². The monoisotopic (exact) mass is 1730 g/mol. The number of hydrogen-bond acceptors (Lipinski definition) is 32. The molecule has 118 heavy (non-hydrogen) atoms. The Balaban J connectivity index is 0.000000132. The minimum Gasteiger partial charge on any atom is -0.492 e. The molecule has 1 saturated heterocycles. The second kappa shape index (κ2) is 41.0. The van der Waals surface area contributed by atoms with Gasteiger partial charge in [-0.1, -0.05) is 60.3 Å². The maximum absolute atomic E-state index is 11.5. The van der Waals surface area contributed by atoms with Crippen LogP contribution >= 0.6 is 43.5 Å². The van der Waals surface area contributed by atoms with Gasteiger partial charge in [0.05, 0.1) is 133 Å². The number of ketones is 1. The molecule has 0 saturated carbocycles. The number of halogens is 3. The number of ether oxygens (including phenoxy) is 3. The first-order valence-corrected chi connectivity index (χ1v) is 38.2. The van der Waals surface area contributed by atoms with Gasteiger partial charge in [0.15, 0.2) is 5.78 Å². The van der Waals surface area contributed by atoms with Crippen molar-refractivity contribution in [1.82, 2.24) is 124 Å². The molecule has 1 aliphatic heterocycles. The van der Waals surface area contributed by atoms with Gasteiger partial charge in [-0.05, 0) is 154 Å². The van der Waals surface area contributed by atoms with Crippen LogP contribution in [0.3, 0.4) is 0 Å². The van der Waals surface area contributed by atoms with E-state index in [4.69, 9.17) is 47.2 Å². The summed E-state index contributed by atoms with van der Waals surface area (Å²) in [6.07, 6.45) is 26.5. The molecule has 4 aromatic carbocycles. The van der Waals surface area contributed by atoms with Gasteiger partial charge in [0.1, 0.15) is 51.7 Å². The van der Waals surface area contributed by atoms with E-state index >= 15 is 0 Å². The molecule has 596 valence electrons. The van der Waals surface area contributed by atoms with Crippen LogP contribution in [0.4, 0.5) is 11.9 Å². The third-order valence-electron chi connectivity index (χ3n) is 16.9. The van der Waals surface area contributed by atoms with Gasteiger partial charge in [0.25, 0.3) is 17.3 Å². The number of carbonyl (C=O) groups excluding carboxylic acids is 2. The van der Waals surface area contributed by atoms with Gasteiger partial charge < -0.3 is 40.4 Å². The largest absolute Gasteiger partial charge is 0.492 e. The number of aromatic nitrogens is 25.